The molecule has 1 atom stereocenters. The smallest absolute Gasteiger partial charge is 0.311 e. The lowest BCUT2D eigenvalue weighted by molar-refractivity contribution is -0.147. The molecule has 0 fully saturated rings. The molecular weight excluding hydrogens is 346 g/mol. The van der Waals surface area contributed by atoms with E-state index < -0.39 is 6.10 Å². The molecule has 1 aromatic heterocycles. The van der Waals surface area contributed by atoms with Crippen LogP contribution in [-0.4, -0.2) is 11.1 Å². The number of halogens is 2. The predicted molar refractivity (Wildman–Crippen MR) is 78.6 cm³/mol. The average Bonchev–Trinajstić information content (AvgIpc) is 2.71. The van der Waals surface area contributed by atoms with Crippen molar-refractivity contribution in [1.29, 1.82) is 0 Å². The molecule has 4 nitrogen and oxygen atoms in total. The summed E-state index contributed by atoms with van der Waals surface area (Å²) in [6.07, 6.45) is -0.305. The van der Waals surface area contributed by atoms with Gasteiger partial charge in [0.05, 0.1) is 12.1 Å². The van der Waals surface area contributed by atoms with Crippen molar-refractivity contribution in [2.75, 3.05) is 0 Å². The number of carbonyl (C=O) groups excluding carboxylic acids is 1. The zero-order valence-electron chi connectivity index (χ0n) is 11.0. The Morgan fingerprint density at radius 3 is 2.80 bits per heavy atom. The Morgan fingerprint density at radius 2 is 2.20 bits per heavy atom. The number of nitrogens with zero attached hydrogens (tertiary/aromatic N) is 1. The average molecular weight is 359 g/mol. The first kappa shape index (κ1) is 15.1. The van der Waals surface area contributed by atoms with Crippen molar-refractivity contribution in [3.05, 3.63) is 50.8 Å². The van der Waals surface area contributed by atoms with Crippen LogP contribution in [-0.2, 0) is 16.0 Å². The molecule has 1 heterocycles. The highest BCUT2D eigenvalue weighted by atomic mass is 79.9. The van der Waals surface area contributed by atoms with E-state index in [0.717, 1.165) is 5.56 Å². The van der Waals surface area contributed by atoms with Gasteiger partial charge in [-0.25, -0.2) is 0 Å². The molecule has 0 unspecified atom stereocenters. The van der Waals surface area contributed by atoms with Gasteiger partial charge in [0.2, 0.25) is 4.67 Å². The summed E-state index contributed by atoms with van der Waals surface area (Å²) >= 11 is 9.28. The van der Waals surface area contributed by atoms with E-state index >= 15 is 0 Å². The van der Waals surface area contributed by atoms with Gasteiger partial charge in [0.15, 0.2) is 0 Å². The van der Waals surface area contributed by atoms with Gasteiger partial charge in [-0.1, -0.05) is 35.0 Å². The lowest BCUT2D eigenvalue weighted by Gasteiger charge is -2.14. The number of esters is 1. The molecule has 0 amide bonds. The molecule has 2 rings (SSSR count). The number of benzene rings is 1. The van der Waals surface area contributed by atoms with Gasteiger partial charge in [0.1, 0.15) is 6.10 Å². The van der Waals surface area contributed by atoms with Gasteiger partial charge in [-0.3, -0.25) is 4.79 Å². The summed E-state index contributed by atoms with van der Waals surface area (Å²) in [5.74, 6) is -0.357. The number of rotatable bonds is 4. The third kappa shape index (κ3) is 3.41. The molecule has 0 aliphatic heterocycles. The highest BCUT2D eigenvalue weighted by molar-refractivity contribution is 9.10. The molecule has 0 saturated heterocycles. The minimum atomic E-state index is -0.407. The van der Waals surface area contributed by atoms with Crippen LogP contribution in [0.5, 0.6) is 0 Å². The number of aromatic nitrogens is 1. The molecule has 0 aliphatic carbocycles. The first-order valence-electron chi connectivity index (χ1n) is 6.03. The topological polar surface area (TPSA) is 52.3 Å². The molecule has 6 heteroatoms. The van der Waals surface area contributed by atoms with E-state index in [1.54, 1.807) is 19.9 Å². The molecule has 0 N–H and O–H groups in total. The van der Waals surface area contributed by atoms with Crippen molar-refractivity contribution in [2.45, 2.75) is 26.4 Å². The fraction of sp³-hybridized carbons (Fsp3) is 0.286. The monoisotopic (exact) mass is 357 g/mol. The van der Waals surface area contributed by atoms with Gasteiger partial charge in [0, 0.05) is 16.1 Å². The highest BCUT2D eigenvalue weighted by Crippen LogP contribution is 2.26. The van der Waals surface area contributed by atoms with Crippen LogP contribution in [0, 0.1) is 6.92 Å². The maximum atomic E-state index is 12.0. The van der Waals surface area contributed by atoms with Gasteiger partial charge in [-0.2, -0.15) is 0 Å². The zero-order valence-corrected chi connectivity index (χ0v) is 13.4. The van der Waals surface area contributed by atoms with Crippen molar-refractivity contribution < 1.29 is 14.1 Å². The Morgan fingerprint density at radius 1 is 1.50 bits per heavy atom. The van der Waals surface area contributed by atoms with Crippen molar-refractivity contribution in [1.82, 2.24) is 5.16 Å². The normalized spacial score (nSPS) is 12.2. The Hall–Kier alpha value is -1.33. The molecule has 1 aromatic carbocycles. The summed E-state index contributed by atoms with van der Waals surface area (Å²) in [6, 6.07) is 7.28. The number of ether oxygens (including phenoxy) is 1. The fourth-order valence-corrected chi connectivity index (χ4v) is 2.60. The van der Waals surface area contributed by atoms with Crippen molar-refractivity contribution in [2.24, 2.45) is 0 Å². The summed E-state index contributed by atoms with van der Waals surface area (Å²) in [5.41, 5.74) is 2.14. The molecule has 0 aliphatic rings. The van der Waals surface area contributed by atoms with E-state index in [1.807, 2.05) is 18.2 Å². The molecule has 2 aromatic rings. The second-order valence-corrected chi connectivity index (χ2v) is 5.48. The number of carbonyl (C=O) groups is 1. The summed E-state index contributed by atoms with van der Waals surface area (Å²) in [5, 5.41) is 4.35. The second-order valence-electron chi connectivity index (χ2n) is 4.35. The van der Waals surface area contributed by atoms with Gasteiger partial charge in [0.25, 0.3) is 0 Å². The molecule has 20 heavy (non-hydrogen) atoms. The quantitative estimate of drug-likeness (QED) is 0.767. The van der Waals surface area contributed by atoms with Gasteiger partial charge in [-0.15, -0.1) is 0 Å². The predicted octanol–water partition coefficient (Wildman–Crippen LogP) is 4.25. The molecule has 0 radical (unpaired) electrons. The van der Waals surface area contributed by atoms with E-state index in [0.29, 0.717) is 20.9 Å². The SMILES string of the molecule is Cc1noc(Br)c1CC(=O)O[C@H](C)c1ccccc1Cl. The number of hydrogen-bond donors (Lipinski definition) is 0. The Labute approximate surface area is 130 Å². The highest BCUT2D eigenvalue weighted by Gasteiger charge is 2.19. The largest absolute Gasteiger partial charge is 0.457 e. The molecule has 106 valence electrons. The van der Waals surface area contributed by atoms with Crippen molar-refractivity contribution in [3.8, 4) is 0 Å². The van der Waals surface area contributed by atoms with Crippen molar-refractivity contribution in [3.63, 3.8) is 0 Å². The first-order chi connectivity index (χ1) is 9.49. The maximum absolute atomic E-state index is 12.0. The number of aryl methyl sites for hydroxylation is 1. The Bertz CT molecular complexity index is 607. The molecule has 0 bridgehead atoms. The molecular formula is C14H13BrClNO3. The van der Waals surface area contributed by atoms with Crippen molar-refractivity contribution >= 4 is 33.5 Å². The Kier molecular flexibility index (Phi) is 4.83. The van der Waals surface area contributed by atoms with Gasteiger partial charge < -0.3 is 9.26 Å². The van der Waals surface area contributed by atoms with E-state index in [2.05, 4.69) is 21.1 Å². The third-order valence-electron chi connectivity index (χ3n) is 2.91. The van der Waals surface area contributed by atoms with E-state index in [-0.39, 0.29) is 12.4 Å². The fourth-order valence-electron chi connectivity index (χ4n) is 1.81. The Balaban J connectivity index is 2.04. The summed E-state index contributed by atoms with van der Waals surface area (Å²) in [4.78, 5) is 12.0. The van der Waals surface area contributed by atoms with Crippen LogP contribution in [0.15, 0.2) is 33.5 Å². The van der Waals surface area contributed by atoms with Crippen LogP contribution >= 0.6 is 27.5 Å². The summed E-state index contributed by atoms with van der Waals surface area (Å²) < 4.78 is 10.8. The summed E-state index contributed by atoms with van der Waals surface area (Å²) in [6.45, 7) is 3.56. The zero-order chi connectivity index (χ0) is 14.7. The standard InChI is InChI=1S/C14H13BrClNO3/c1-8-11(14(15)20-17-8)7-13(18)19-9(2)10-5-3-4-6-12(10)16/h3-6,9H,7H2,1-2H3/t9-/m1/s1. The van der Waals surface area contributed by atoms with Crippen LogP contribution in [0.3, 0.4) is 0 Å². The van der Waals surface area contributed by atoms with Crippen LogP contribution in [0.4, 0.5) is 0 Å². The van der Waals surface area contributed by atoms with E-state index in [1.165, 1.54) is 0 Å². The minimum Gasteiger partial charge on any atom is -0.457 e. The van der Waals surface area contributed by atoms with Gasteiger partial charge in [-0.05, 0) is 35.8 Å². The molecule has 0 spiro atoms. The van der Waals surface area contributed by atoms with E-state index in [9.17, 15) is 4.79 Å². The maximum Gasteiger partial charge on any atom is 0.311 e. The van der Waals surface area contributed by atoms with Crippen LogP contribution in [0.1, 0.15) is 29.8 Å². The van der Waals surface area contributed by atoms with Gasteiger partial charge >= 0.3 is 5.97 Å². The van der Waals surface area contributed by atoms with Crippen LogP contribution < -0.4 is 0 Å². The lowest BCUT2D eigenvalue weighted by Crippen LogP contribution is -2.12. The van der Waals surface area contributed by atoms with Crippen LogP contribution in [0.2, 0.25) is 5.02 Å². The molecule has 0 saturated carbocycles. The van der Waals surface area contributed by atoms with Crippen LogP contribution in [0.25, 0.3) is 0 Å². The summed E-state index contributed by atoms with van der Waals surface area (Å²) in [7, 11) is 0. The number of hydrogen-bond acceptors (Lipinski definition) is 4. The second kappa shape index (κ2) is 6.41. The third-order valence-corrected chi connectivity index (χ3v) is 3.88. The van der Waals surface area contributed by atoms with E-state index in [4.69, 9.17) is 20.9 Å². The lowest BCUT2D eigenvalue weighted by atomic mass is 10.1. The first-order valence-corrected chi connectivity index (χ1v) is 7.20. The minimum absolute atomic E-state index is 0.102.